The van der Waals surface area contributed by atoms with E-state index in [1.165, 1.54) is 11.1 Å². The maximum Gasteiger partial charge on any atom is 0.0819 e. The Morgan fingerprint density at radius 1 is 1.31 bits per heavy atom. The summed E-state index contributed by atoms with van der Waals surface area (Å²) >= 11 is 0. The van der Waals surface area contributed by atoms with Crippen molar-refractivity contribution < 1.29 is 9.84 Å². The van der Waals surface area contributed by atoms with Gasteiger partial charge in [-0.05, 0) is 42.9 Å². The normalized spacial score (nSPS) is 14.8. The minimum Gasteiger partial charge on any atom is -0.388 e. The average Bonchev–Trinajstić information content (AvgIpc) is 2.28. The smallest absolute Gasteiger partial charge is 0.0819 e. The van der Waals surface area contributed by atoms with Crippen LogP contribution < -0.4 is 0 Å². The van der Waals surface area contributed by atoms with Crippen molar-refractivity contribution in [1.82, 2.24) is 0 Å². The maximum absolute atomic E-state index is 10.3. The first kappa shape index (κ1) is 13.2. The SMILES string of the molecule is COCCC(C)C(O)c1cccc(C)c1C. The monoisotopic (exact) mass is 222 g/mol. The molecule has 90 valence electrons. The van der Waals surface area contributed by atoms with Crippen molar-refractivity contribution >= 4 is 0 Å². The zero-order valence-electron chi connectivity index (χ0n) is 10.7. The zero-order chi connectivity index (χ0) is 12.1. The van der Waals surface area contributed by atoms with Gasteiger partial charge in [0.15, 0.2) is 0 Å². The number of methoxy groups -OCH3 is 1. The third-order valence-electron chi connectivity index (χ3n) is 3.28. The van der Waals surface area contributed by atoms with Crippen LogP contribution in [-0.2, 0) is 4.74 Å². The van der Waals surface area contributed by atoms with Gasteiger partial charge in [-0.3, -0.25) is 0 Å². The molecule has 0 spiro atoms. The topological polar surface area (TPSA) is 29.5 Å². The van der Waals surface area contributed by atoms with Crippen LogP contribution in [0.5, 0.6) is 0 Å². The van der Waals surface area contributed by atoms with Crippen molar-refractivity contribution in [3.05, 3.63) is 34.9 Å². The lowest BCUT2D eigenvalue weighted by Crippen LogP contribution is -2.13. The molecule has 1 N–H and O–H groups in total. The third-order valence-corrected chi connectivity index (χ3v) is 3.28. The molecule has 0 amide bonds. The van der Waals surface area contributed by atoms with Crippen molar-refractivity contribution in [3.63, 3.8) is 0 Å². The number of aliphatic hydroxyl groups is 1. The molecular formula is C14H22O2. The quantitative estimate of drug-likeness (QED) is 0.830. The van der Waals surface area contributed by atoms with Crippen LogP contribution in [0.25, 0.3) is 0 Å². The minimum atomic E-state index is -0.393. The van der Waals surface area contributed by atoms with Gasteiger partial charge in [-0.15, -0.1) is 0 Å². The second-order valence-electron chi connectivity index (χ2n) is 4.49. The van der Waals surface area contributed by atoms with Crippen molar-refractivity contribution in [2.45, 2.75) is 33.3 Å². The Morgan fingerprint density at radius 2 is 2.00 bits per heavy atom. The lowest BCUT2D eigenvalue weighted by molar-refractivity contribution is 0.0881. The number of ether oxygens (including phenoxy) is 1. The van der Waals surface area contributed by atoms with Crippen molar-refractivity contribution in [1.29, 1.82) is 0 Å². The Kier molecular flexibility index (Phi) is 4.97. The molecule has 1 aromatic carbocycles. The summed E-state index contributed by atoms with van der Waals surface area (Å²) in [6.07, 6.45) is 0.487. The standard InChI is InChI=1S/C14H22O2/c1-10-6-5-7-13(12(10)3)14(15)11(2)8-9-16-4/h5-7,11,14-15H,8-9H2,1-4H3. The molecule has 0 fully saturated rings. The number of aryl methyl sites for hydroxylation is 1. The highest BCUT2D eigenvalue weighted by Crippen LogP contribution is 2.28. The molecule has 0 heterocycles. The summed E-state index contributed by atoms with van der Waals surface area (Å²) in [5.74, 6) is 0.223. The highest BCUT2D eigenvalue weighted by molar-refractivity contribution is 5.34. The van der Waals surface area contributed by atoms with Crippen LogP contribution in [0, 0.1) is 19.8 Å². The molecule has 0 aliphatic carbocycles. The van der Waals surface area contributed by atoms with Crippen LogP contribution in [-0.4, -0.2) is 18.8 Å². The Labute approximate surface area is 98.3 Å². The van der Waals surface area contributed by atoms with E-state index >= 15 is 0 Å². The molecule has 1 aromatic rings. The number of rotatable bonds is 5. The van der Waals surface area contributed by atoms with Crippen LogP contribution in [0.1, 0.15) is 36.1 Å². The predicted molar refractivity (Wildman–Crippen MR) is 66.5 cm³/mol. The van der Waals surface area contributed by atoms with E-state index in [0.717, 1.165) is 12.0 Å². The first-order valence-corrected chi connectivity index (χ1v) is 5.81. The van der Waals surface area contributed by atoms with Crippen LogP contribution in [0.4, 0.5) is 0 Å². The molecule has 2 heteroatoms. The lowest BCUT2D eigenvalue weighted by Gasteiger charge is -2.21. The van der Waals surface area contributed by atoms with Gasteiger partial charge in [-0.2, -0.15) is 0 Å². The molecule has 2 unspecified atom stereocenters. The molecule has 16 heavy (non-hydrogen) atoms. The third kappa shape index (κ3) is 3.06. The number of hydrogen-bond acceptors (Lipinski definition) is 2. The molecule has 0 bridgehead atoms. The summed E-state index contributed by atoms with van der Waals surface area (Å²) in [7, 11) is 1.69. The van der Waals surface area contributed by atoms with Crippen LogP contribution in [0.3, 0.4) is 0 Å². The number of aliphatic hydroxyl groups excluding tert-OH is 1. The molecule has 0 saturated carbocycles. The van der Waals surface area contributed by atoms with Crippen LogP contribution in [0.2, 0.25) is 0 Å². The van der Waals surface area contributed by atoms with Crippen LogP contribution >= 0.6 is 0 Å². The van der Waals surface area contributed by atoms with Gasteiger partial charge in [0.25, 0.3) is 0 Å². The fraction of sp³-hybridized carbons (Fsp3) is 0.571. The predicted octanol–water partition coefficient (Wildman–Crippen LogP) is 3.01. The summed E-state index contributed by atoms with van der Waals surface area (Å²) < 4.78 is 5.04. The van der Waals surface area contributed by atoms with E-state index < -0.39 is 6.10 Å². The first-order valence-electron chi connectivity index (χ1n) is 5.81. The van der Waals surface area contributed by atoms with Gasteiger partial charge in [0.05, 0.1) is 6.10 Å². The van der Waals surface area contributed by atoms with Crippen molar-refractivity contribution in [3.8, 4) is 0 Å². The molecule has 0 saturated heterocycles. The maximum atomic E-state index is 10.3. The van der Waals surface area contributed by atoms with E-state index in [1.54, 1.807) is 7.11 Å². The Bertz CT molecular complexity index is 334. The summed E-state index contributed by atoms with van der Waals surface area (Å²) in [5.41, 5.74) is 3.47. The van der Waals surface area contributed by atoms with E-state index in [0.29, 0.717) is 6.61 Å². The van der Waals surface area contributed by atoms with Crippen molar-refractivity contribution in [2.75, 3.05) is 13.7 Å². The first-order chi connectivity index (χ1) is 7.57. The molecule has 2 nitrogen and oxygen atoms in total. The molecule has 0 aliphatic rings. The number of hydrogen-bond donors (Lipinski definition) is 1. The highest BCUT2D eigenvalue weighted by atomic mass is 16.5. The summed E-state index contributed by atoms with van der Waals surface area (Å²) in [6.45, 7) is 6.90. The van der Waals surface area contributed by atoms with Crippen LogP contribution in [0.15, 0.2) is 18.2 Å². The van der Waals surface area contributed by atoms with E-state index in [1.807, 2.05) is 12.1 Å². The molecule has 0 aliphatic heterocycles. The van der Waals surface area contributed by atoms with E-state index in [-0.39, 0.29) is 5.92 Å². The van der Waals surface area contributed by atoms with Gasteiger partial charge in [-0.25, -0.2) is 0 Å². The second-order valence-corrected chi connectivity index (χ2v) is 4.49. The van der Waals surface area contributed by atoms with E-state index in [4.69, 9.17) is 4.74 Å². The largest absolute Gasteiger partial charge is 0.388 e. The number of benzene rings is 1. The Hall–Kier alpha value is -0.860. The highest BCUT2D eigenvalue weighted by Gasteiger charge is 2.18. The zero-order valence-corrected chi connectivity index (χ0v) is 10.7. The summed E-state index contributed by atoms with van der Waals surface area (Å²) in [4.78, 5) is 0. The molecule has 1 rings (SSSR count). The average molecular weight is 222 g/mol. The van der Waals surface area contributed by atoms with E-state index in [2.05, 4.69) is 26.8 Å². The lowest BCUT2D eigenvalue weighted by atomic mass is 9.90. The Balaban J connectivity index is 2.79. The summed E-state index contributed by atoms with van der Waals surface area (Å²) in [6, 6.07) is 6.09. The molecule has 2 atom stereocenters. The van der Waals surface area contributed by atoms with Gasteiger partial charge < -0.3 is 9.84 Å². The van der Waals surface area contributed by atoms with Gasteiger partial charge in [0, 0.05) is 13.7 Å². The van der Waals surface area contributed by atoms with E-state index in [9.17, 15) is 5.11 Å². The minimum absolute atomic E-state index is 0.223. The summed E-state index contributed by atoms with van der Waals surface area (Å²) in [5, 5.41) is 10.3. The van der Waals surface area contributed by atoms with Gasteiger partial charge in [0.2, 0.25) is 0 Å². The second kappa shape index (κ2) is 6.02. The fourth-order valence-electron chi connectivity index (χ4n) is 1.86. The van der Waals surface area contributed by atoms with Gasteiger partial charge in [0.1, 0.15) is 0 Å². The molecular weight excluding hydrogens is 200 g/mol. The van der Waals surface area contributed by atoms with Gasteiger partial charge in [-0.1, -0.05) is 25.1 Å². The van der Waals surface area contributed by atoms with Crippen molar-refractivity contribution in [2.24, 2.45) is 5.92 Å². The molecule has 0 radical (unpaired) electrons. The fourth-order valence-corrected chi connectivity index (χ4v) is 1.86. The van der Waals surface area contributed by atoms with Gasteiger partial charge >= 0.3 is 0 Å². The molecule has 0 aromatic heterocycles. The Morgan fingerprint density at radius 3 is 2.62 bits per heavy atom.